The van der Waals surface area contributed by atoms with Crippen LogP contribution in [0.2, 0.25) is 0 Å². The second-order valence-corrected chi connectivity index (χ2v) is 9.45. The van der Waals surface area contributed by atoms with Gasteiger partial charge in [-0.3, -0.25) is 9.74 Å². The Kier molecular flexibility index (Phi) is 6.65. The molecule has 2 amide bonds. The second kappa shape index (κ2) is 9.06. The highest BCUT2D eigenvalue weighted by atomic mass is 16.6. The highest BCUT2D eigenvalue weighted by Crippen LogP contribution is 2.51. The molecule has 0 aromatic rings. The summed E-state index contributed by atoms with van der Waals surface area (Å²) < 4.78 is 5.36. The molecule has 3 heterocycles. The maximum Gasteiger partial charge on any atom is 0.341 e. The fourth-order valence-corrected chi connectivity index (χ4v) is 6.29. The molecule has 0 radical (unpaired) electrons. The number of nitrogens with zero attached hydrogens (tertiary/aromatic N) is 3. The summed E-state index contributed by atoms with van der Waals surface area (Å²) in [5.41, 5.74) is 2.88. The van der Waals surface area contributed by atoms with Crippen molar-refractivity contribution in [3.8, 4) is 0 Å². The van der Waals surface area contributed by atoms with Gasteiger partial charge in [0.25, 0.3) is 0 Å². The van der Waals surface area contributed by atoms with E-state index in [1.165, 1.54) is 39.2 Å². The zero-order chi connectivity index (χ0) is 20.4. The van der Waals surface area contributed by atoms with Gasteiger partial charge in [0.15, 0.2) is 0 Å². The van der Waals surface area contributed by atoms with Crippen molar-refractivity contribution in [3.63, 3.8) is 0 Å². The smallest absolute Gasteiger partial charge is 0.341 e. The SMILES string of the molecule is CCOC(O)N1CCC2(CC(N3CCC([C@@H]4CCCN4C(=O)NOC)CC3)C2)C1. The van der Waals surface area contributed by atoms with Gasteiger partial charge in [-0.2, -0.15) is 0 Å². The molecule has 1 saturated carbocycles. The van der Waals surface area contributed by atoms with Crippen LogP contribution in [-0.4, -0.2) is 90.8 Å². The van der Waals surface area contributed by atoms with Gasteiger partial charge in [-0.25, -0.2) is 10.3 Å². The topological polar surface area (TPSA) is 77.5 Å². The van der Waals surface area contributed by atoms with Crippen LogP contribution in [0.4, 0.5) is 4.79 Å². The van der Waals surface area contributed by atoms with E-state index in [0.29, 0.717) is 30.0 Å². The number of hydrogen-bond acceptors (Lipinski definition) is 6. The van der Waals surface area contributed by atoms with E-state index in [2.05, 4.69) is 15.3 Å². The monoisotopic (exact) mass is 410 g/mol. The van der Waals surface area contributed by atoms with Crippen LogP contribution >= 0.6 is 0 Å². The van der Waals surface area contributed by atoms with E-state index >= 15 is 0 Å². The number of hydroxylamine groups is 1. The lowest BCUT2D eigenvalue weighted by Gasteiger charge is -2.52. The molecule has 2 N–H and O–H groups in total. The Hall–Kier alpha value is -0.930. The Bertz CT molecular complexity index is 563. The number of hydrogen-bond donors (Lipinski definition) is 2. The van der Waals surface area contributed by atoms with Crippen LogP contribution in [0.25, 0.3) is 0 Å². The van der Waals surface area contributed by atoms with Crippen molar-refractivity contribution in [2.24, 2.45) is 11.3 Å². The lowest BCUT2D eigenvalue weighted by molar-refractivity contribution is -0.188. The molecule has 3 saturated heterocycles. The van der Waals surface area contributed by atoms with Gasteiger partial charge in [-0.1, -0.05) is 0 Å². The van der Waals surface area contributed by atoms with Crippen molar-refractivity contribution in [2.45, 2.75) is 70.4 Å². The predicted molar refractivity (Wildman–Crippen MR) is 109 cm³/mol. The predicted octanol–water partition coefficient (Wildman–Crippen LogP) is 1.60. The van der Waals surface area contributed by atoms with Crippen molar-refractivity contribution < 1.29 is 19.5 Å². The molecule has 2 atom stereocenters. The molecule has 29 heavy (non-hydrogen) atoms. The summed E-state index contributed by atoms with van der Waals surface area (Å²) in [6, 6.07) is 0.971. The molecule has 8 nitrogen and oxygen atoms in total. The summed E-state index contributed by atoms with van der Waals surface area (Å²) in [6.07, 6.45) is 7.51. The molecule has 0 aromatic carbocycles. The minimum Gasteiger partial charge on any atom is -0.356 e. The number of ether oxygens (including phenoxy) is 1. The van der Waals surface area contributed by atoms with Crippen LogP contribution in [-0.2, 0) is 9.57 Å². The summed E-state index contributed by atoms with van der Waals surface area (Å²) in [6.45, 7) is 7.51. The molecule has 3 aliphatic heterocycles. The maximum atomic E-state index is 12.2. The average Bonchev–Trinajstić information content (AvgIpc) is 3.35. The Morgan fingerprint density at radius 3 is 2.66 bits per heavy atom. The van der Waals surface area contributed by atoms with Gasteiger partial charge in [0.2, 0.25) is 6.41 Å². The Labute approximate surface area is 174 Å². The van der Waals surface area contributed by atoms with E-state index < -0.39 is 6.41 Å². The number of piperidine rings is 1. The quantitative estimate of drug-likeness (QED) is 0.512. The summed E-state index contributed by atoms with van der Waals surface area (Å²) in [4.78, 5) is 23.8. The first-order valence-corrected chi connectivity index (χ1v) is 11.4. The number of urea groups is 1. The van der Waals surface area contributed by atoms with Crippen LogP contribution in [0.5, 0.6) is 0 Å². The largest absolute Gasteiger partial charge is 0.356 e. The molecular formula is C21H38N4O4. The van der Waals surface area contributed by atoms with Crippen molar-refractivity contribution in [1.29, 1.82) is 0 Å². The van der Waals surface area contributed by atoms with Crippen molar-refractivity contribution in [3.05, 3.63) is 0 Å². The van der Waals surface area contributed by atoms with E-state index in [0.717, 1.165) is 45.6 Å². The Morgan fingerprint density at radius 2 is 1.97 bits per heavy atom. The number of carbonyl (C=O) groups is 1. The van der Waals surface area contributed by atoms with Crippen LogP contribution < -0.4 is 5.48 Å². The van der Waals surface area contributed by atoms with Gasteiger partial charge in [0, 0.05) is 38.3 Å². The van der Waals surface area contributed by atoms with E-state index in [-0.39, 0.29) is 6.03 Å². The standard InChI is InChI=1S/C21H38N4O4/c1-3-29-20(27)24-12-8-21(15-24)13-17(14-21)23-10-6-16(7-11-23)18-5-4-9-25(18)19(26)22-28-2/h16-18,20,27H,3-15H2,1-2H3,(H,22,26)/t17?,18-,20?,21?/m0/s1. The van der Waals surface area contributed by atoms with E-state index in [1.807, 2.05) is 11.8 Å². The zero-order valence-electron chi connectivity index (χ0n) is 18.0. The molecule has 1 aliphatic carbocycles. The van der Waals surface area contributed by atoms with E-state index in [9.17, 15) is 9.90 Å². The molecule has 4 rings (SSSR count). The van der Waals surface area contributed by atoms with Crippen LogP contribution in [0.3, 0.4) is 0 Å². The number of rotatable bonds is 6. The van der Waals surface area contributed by atoms with Crippen LogP contribution in [0.1, 0.15) is 51.9 Å². The maximum absolute atomic E-state index is 12.2. The minimum atomic E-state index is -0.737. The molecule has 166 valence electrons. The fourth-order valence-electron chi connectivity index (χ4n) is 6.29. The zero-order valence-corrected chi connectivity index (χ0v) is 18.0. The molecular weight excluding hydrogens is 372 g/mol. The average molecular weight is 411 g/mol. The Morgan fingerprint density at radius 1 is 1.21 bits per heavy atom. The third-order valence-corrected chi connectivity index (χ3v) is 7.82. The van der Waals surface area contributed by atoms with Gasteiger partial charge >= 0.3 is 6.03 Å². The first kappa shape index (κ1) is 21.3. The minimum absolute atomic E-state index is 0.0848. The van der Waals surface area contributed by atoms with Crippen molar-refractivity contribution in [2.75, 3.05) is 46.4 Å². The molecule has 1 spiro atoms. The number of nitrogens with one attached hydrogen (secondary N) is 1. The summed E-state index contributed by atoms with van der Waals surface area (Å²) in [5, 5.41) is 10.1. The second-order valence-electron chi connectivity index (χ2n) is 9.45. The summed E-state index contributed by atoms with van der Waals surface area (Å²) >= 11 is 0. The summed E-state index contributed by atoms with van der Waals surface area (Å²) in [7, 11) is 1.49. The van der Waals surface area contributed by atoms with Gasteiger partial charge in [0.05, 0.1) is 7.11 Å². The first-order valence-electron chi connectivity index (χ1n) is 11.4. The van der Waals surface area contributed by atoms with Crippen molar-refractivity contribution in [1.82, 2.24) is 20.2 Å². The number of amides is 2. The molecule has 0 bridgehead atoms. The lowest BCUT2D eigenvalue weighted by Crippen LogP contribution is -2.55. The van der Waals surface area contributed by atoms with Crippen molar-refractivity contribution >= 4 is 6.03 Å². The number of aliphatic hydroxyl groups excluding tert-OH is 1. The van der Waals surface area contributed by atoms with Gasteiger partial charge in [-0.15, -0.1) is 0 Å². The van der Waals surface area contributed by atoms with E-state index in [4.69, 9.17) is 9.57 Å². The summed E-state index contributed by atoms with van der Waals surface area (Å²) in [5.74, 6) is 0.605. The third kappa shape index (κ3) is 4.42. The molecule has 4 fully saturated rings. The normalized spacial score (nSPS) is 35.2. The lowest BCUT2D eigenvalue weighted by atomic mass is 9.64. The van der Waals surface area contributed by atoms with Crippen LogP contribution in [0, 0.1) is 11.3 Å². The fraction of sp³-hybridized carbons (Fsp3) is 0.952. The molecule has 1 unspecified atom stereocenters. The molecule has 0 aromatic heterocycles. The van der Waals surface area contributed by atoms with Crippen LogP contribution in [0.15, 0.2) is 0 Å². The first-order chi connectivity index (χ1) is 14.0. The highest BCUT2D eigenvalue weighted by molar-refractivity contribution is 5.73. The van der Waals surface area contributed by atoms with Gasteiger partial charge < -0.3 is 19.6 Å². The van der Waals surface area contributed by atoms with Gasteiger partial charge in [0.1, 0.15) is 0 Å². The number of carbonyl (C=O) groups excluding carboxylic acids is 1. The number of aliphatic hydroxyl groups is 1. The Balaban J connectivity index is 1.22. The van der Waals surface area contributed by atoms with Gasteiger partial charge in [-0.05, 0) is 76.3 Å². The highest BCUT2D eigenvalue weighted by Gasteiger charge is 2.51. The third-order valence-electron chi connectivity index (χ3n) is 7.82. The number of likely N-dealkylation sites (tertiary alicyclic amines) is 3. The molecule has 4 aliphatic rings. The van der Waals surface area contributed by atoms with E-state index in [1.54, 1.807) is 0 Å². The molecule has 8 heteroatoms.